The number of hydrogen-bond acceptors (Lipinski definition) is 1. The molecule has 1 aliphatic carbocycles. The Hall–Kier alpha value is -0.760. The van der Waals surface area contributed by atoms with Gasteiger partial charge in [0.2, 0.25) is 0 Å². The average molecular weight is 248 g/mol. The summed E-state index contributed by atoms with van der Waals surface area (Å²) in [6.07, 6.45) is 8.09. The molecule has 0 saturated heterocycles. The predicted molar refractivity (Wildman–Crippen MR) is 78.3 cm³/mol. The molecule has 102 valence electrons. The van der Waals surface area contributed by atoms with Crippen LogP contribution < -0.4 is 0 Å². The molecule has 0 radical (unpaired) electrons. The van der Waals surface area contributed by atoms with Gasteiger partial charge < -0.3 is 9.47 Å². The standard InChI is InChI=1S/C16H28N2/c1-13-12-15(8-7-11-17(3)4)14(2)18(13)16-9-5-6-10-16/h12,16H,5-11H2,1-4H3. The van der Waals surface area contributed by atoms with E-state index in [1.807, 2.05) is 0 Å². The van der Waals surface area contributed by atoms with Crippen LogP contribution in [0.4, 0.5) is 0 Å². The minimum atomic E-state index is 0.785. The smallest absolute Gasteiger partial charge is 0.0335 e. The fourth-order valence-electron chi connectivity index (χ4n) is 3.41. The first kappa shape index (κ1) is 13.7. The molecule has 0 aromatic carbocycles. The zero-order chi connectivity index (χ0) is 13.1. The van der Waals surface area contributed by atoms with Crippen molar-refractivity contribution in [2.75, 3.05) is 20.6 Å². The van der Waals surface area contributed by atoms with Crippen molar-refractivity contribution in [3.8, 4) is 0 Å². The van der Waals surface area contributed by atoms with Crippen molar-refractivity contribution in [1.82, 2.24) is 9.47 Å². The monoisotopic (exact) mass is 248 g/mol. The zero-order valence-corrected chi connectivity index (χ0v) is 12.5. The van der Waals surface area contributed by atoms with Gasteiger partial charge in [0.15, 0.2) is 0 Å². The third kappa shape index (κ3) is 2.97. The van der Waals surface area contributed by atoms with Gasteiger partial charge >= 0.3 is 0 Å². The highest BCUT2D eigenvalue weighted by Crippen LogP contribution is 2.33. The van der Waals surface area contributed by atoms with Gasteiger partial charge in [0, 0.05) is 17.4 Å². The summed E-state index contributed by atoms with van der Waals surface area (Å²) in [5.74, 6) is 0. The summed E-state index contributed by atoms with van der Waals surface area (Å²) in [7, 11) is 4.31. The second kappa shape index (κ2) is 5.92. The minimum absolute atomic E-state index is 0.785. The van der Waals surface area contributed by atoms with Crippen LogP contribution in [0.15, 0.2) is 6.07 Å². The highest BCUT2D eigenvalue weighted by molar-refractivity contribution is 5.27. The van der Waals surface area contributed by atoms with Gasteiger partial charge in [-0.05, 0) is 71.8 Å². The van der Waals surface area contributed by atoms with E-state index in [1.165, 1.54) is 56.5 Å². The van der Waals surface area contributed by atoms with Gasteiger partial charge in [0.25, 0.3) is 0 Å². The van der Waals surface area contributed by atoms with Crippen molar-refractivity contribution in [3.63, 3.8) is 0 Å². The minimum Gasteiger partial charge on any atom is -0.346 e. The molecule has 0 spiro atoms. The Morgan fingerprint density at radius 2 is 1.89 bits per heavy atom. The lowest BCUT2D eigenvalue weighted by molar-refractivity contribution is 0.400. The van der Waals surface area contributed by atoms with E-state index in [4.69, 9.17) is 0 Å². The van der Waals surface area contributed by atoms with Crippen LogP contribution in [-0.4, -0.2) is 30.1 Å². The SMILES string of the molecule is Cc1cc(CCCN(C)C)c(C)n1C1CCCC1. The van der Waals surface area contributed by atoms with Gasteiger partial charge in [0.1, 0.15) is 0 Å². The highest BCUT2D eigenvalue weighted by Gasteiger charge is 2.20. The van der Waals surface area contributed by atoms with Gasteiger partial charge in [-0.3, -0.25) is 0 Å². The van der Waals surface area contributed by atoms with Crippen LogP contribution in [0, 0.1) is 13.8 Å². The van der Waals surface area contributed by atoms with E-state index in [-0.39, 0.29) is 0 Å². The van der Waals surface area contributed by atoms with Crippen LogP contribution in [0.1, 0.15) is 55.1 Å². The average Bonchev–Trinajstić information content (AvgIpc) is 2.88. The number of rotatable bonds is 5. The van der Waals surface area contributed by atoms with E-state index in [0.717, 1.165) is 6.04 Å². The van der Waals surface area contributed by atoms with Crippen LogP contribution in [0.5, 0.6) is 0 Å². The van der Waals surface area contributed by atoms with Crippen LogP contribution in [0.2, 0.25) is 0 Å². The summed E-state index contributed by atoms with van der Waals surface area (Å²) in [4.78, 5) is 2.27. The molecule has 1 heterocycles. The molecule has 1 fully saturated rings. The maximum Gasteiger partial charge on any atom is 0.0335 e. The van der Waals surface area contributed by atoms with Crippen molar-refractivity contribution >= 4 is 0 Å². The lowest BCUT2D eigenvalue weighted by Gasteiger charge is -2.17. The van der Waals surface area contributed by atoms with Gasteiger partial charge in [-0.15, -0.1) is 0 Å². The van der Waals surface area contributed by atoms with E-state index in [2.05, 4.69) is 43.5 Å². The van der Waals surface area contributed by atoms with E-state index >= 15 is 0 Å². The highest BCUT2D eigenvalue weighted by atomic mass is 15.0. The van der Waals surface area contributed by atoms with E-state index < -0.39 is 0 Å². The van der Waals surface area contributed by atoms with E-state index in [1.54, 1.807) is 5.56 Å². The number of aromatic nitrogens is 1. The molecule has 0 amide bonds. The first-order valence-corrected chi connectivity index (χ1v) is 7.41. The molecule has 2 nitrogen and oxygen atoms in total. The zero-order valence-electron chi connectivity index (χ0n) is 12.5. The Balaban J connectivity index is 2.05. The molecule has 1 aliphatic rings. The van der Waals surface area contributed by atoms with E-state index in [9.17, 15) is 0 Å². The number of nitrogens with zero attached hydrogens (tertiary/aromatic N) is 2. The first-order chi connectivity index (χ1) is 8.59. The van der Waals surface area contributed by atoms with E-state index in [0.29, 0.717) is 0 Å². The molecule has 2 heteroatoms. The van der Waals surface area contributed by atoms with Crippen molar-refractivity contribution in [2.45, 2.75) is 58.4 Å². The molecular weight excluding hydrogens is 220 g/mol. The molecular formula is C16H28N2. The fraction of sp³-hybridized carbons (Fsp3) is 0.750. The molecule has 2 rings (SSSR count). The predicted octanol–water partition coefficient (Wildman–Crippen LogP) is 3.71. The number of hydrogen-bond donors (Lipinski definition) is 0. The first-order valence-electron chi connectivity index (χ1n) is 7.41. The normalized spacial score (nSPS) is 16.9. The summed E-state index contributed by atoms with van der Waals surface area (Å²) in [6.45, 7) is 5.78. The lowest BCUT2D eigenvalue weighted by Crippen LogP contribution is -2.13. The Kier molecular flexibility index (Phi) is 4.50. The van der Waals surface area contributed by atoms with Gasteiger partial charge in [-0.1, -0.05) is 12.8 Å². The molecule has 0 unspecified atom stereocenters. The largest absolute Gasteiger partial charge is 0.346 e. The van der Waals surface area contributed by atoms with Crippen LogP contribution >= 0.6 is 0 Å². The van der Waals surface area contributed by atoms with Gasteiger partial charge in [-0.2, -0.15) is 0 Å². The summed E-state index contributed by atoms with van der Waals surface area (Å²) in [6, 6.07) is 3.20. The second-order valence-electron chi connectivity index (χ2n) is 6.11. The molecule has 1 aromatic rings. The number of aryl methyl sites for hydroxylation is 2. The Morgan fingerprint density at radius 1 is 1.22 bits per heavy atom. The fourth-order valence-corrected chi connectivity index (χ4v) is 3.41. The summed E-state index contributed by atoms with van der Waals surface area (Å²) < 4.78 is 2.61. The van der Waals surface area contributed by atoms with Crippen molar-refractivity contribution in [2.24, 2.45) is 0 Å². The van der Waals surface area contributed by atoms with Crippen LogP contribution in [0.3, 0.4) is 0 Å². The molecule has 1 aromatic heterocycles. The Labute approximate surface area is 112 Å². The van der Waals surface area contributed by atoms with Crippen molar-refractivity contribution in [3.05, 3.63) is 23.0 Å². The maximum atomic E-state index is 2.61. The molecule has 18 heavy (non-hydrogen) atoms. The summed E-state index contributed by atoms with van der Waals surface area (Å²) in [5.41, 5.74) is 4.57. The van der Waals surface area contributed by atoms with Crippen LogP contribution in [-0.2, 0) is 6.42 Å². The molecule has 0 N–H and O–H groups in total. The third-order valence-electron chi connectivity index (χ3n) is 4.33. The molecule has 0 aliphatic heterocycles. The van der Waals surface area contributed by atoms with Crippen molar-refractivity contribution in [1.29, 1.82) is 0 Å². The molecule has 0 atom stereocenters. The topological polar surface area (TPSA) is 8.17 Å². The van der Waals surface area contributed by atoms with Gasteiger partial charge in [-0.25, -0.2) is 0 Å². The second-order valence-corrected chi connectivity index (χ2v) is 6.11. The third-order valence-corrected chi connectivity index (χ3v) is 4.33. The summed E-state index contributed by atoms with van der Waals surface area (Å²) >= 11 is 0. The van der Waals surface area contributed by atoms with Crippen LogP contribution in [0.25, 0.3) is 0 Å². The lowest BCUT2D eigenvalue weighted by atomic mass is 10.1. The maximum absolute atomic E-state index is 2.61. The van der Waals surface area contributed by atoms with Gasteiger partial charge in [0.05, 0.1) is 0 Å². The quantitative estimate of drug-likeness (QED) is 0.771. The van der Waals surface area contributed by atoms with Crippen molar-refractivity contribution < 1.29 is 0 Å². The molecule has 0 bridgehead atoms. The Bertz CT molecular complexity index is 384. The summed E-state index contributed by atoms with van der Waals surface area (Å²) in [5, 5.41) is 0. The molecule has 1 saturated carbocycles. The Morgan fingerprint density at radius 3 is 2.50 bits per heavy atom.